The fourth-order valence-electron chi connectivity index (χ4n) is 2.57. The van der Waals surface area contributed by atoms with E-state index in [4.69, 9.17) is 9.47 Å². The molecule has 0 saturated carbocycles. The van der Waals surface area contributed by atoms with Crippen LogP contribution in [0.4, 0.5) is 0 Å². The number of rotatable bonds is 4. The van der Waals surface area contributed by atoms with E-state index in [1.165, 1.54) is 0 Å². The van der Waals surface area contributed by atoms with E-state index < -0.39 is 5.60 Å². The smallest absolute Gasteiger partial charge is 0.307 e. The molecule has 124 valence electrons. The molecule has 1 aromatic carbocycles. The highest BCUT2D eigenvalue weighted by atomic mass is 32.2. The summed E-state index contributed by atoms with van der Waals surface area (Å²) < 4.78 is 11.4. The summed E-state index contributed by atoms with van der Waals surface area (Å²) in [5.74, 6) is 8.06. The molecule has 0 spiro atoms. The Morgan fingerprint density at radius 3 is 2.78 bits per heavy atom. The summed E-state index contributed by atoms with van der Waals surface area (Å²) in [6.07, 6.45) is 1.14. The number of hydrogen-bond donors (Lipinski definition) is 0. The average molecular weight is 332 g/mol. The van der Waals surface area contributed by atoms with Gasteiger partial charge in [-0.3, -0.25) is 4.79 Å². The Morgan fingerprint density at radius 1 is 1.35 bits per heavy atom. The normalized spacial score (nSPS) is 26.7. The summed E-state index contributed by atoms with van der Waals surface area (Å²) in [7, 11) is 0. The van der Waals surface area contributed by atoms with E-state index in [9.17, 15) is 4.79 Å². The molecule has 1 heterocycles. The maximum Gasteiger partial charge on any atom is 0.307 e. The topological polar surface area (TPSA) is 35.5 Å². The van der Waals surface area contributed by atoms with Crippen LogP contribution in [0.25, 0.3) is 0 Å². The third kappa shape index (κ3) is 4.94. The lowest BCUT2D eigenvalue weighted by Gasteiger charge is -2.40. The minimum absolute atomic E-state index is 0.186. The molecule has 3 unspecified atom stereocenters. The van der Waals surface area contributed by atoms with E-state index in [0.717, 1.165) is 17.9 Å². The minimum atomic E-state index is -0.683. The molecule has 1 fully saturated rings. The monoisotopic (exact) mass is 332 g/mol. The van der Waals surface area contributed by atoms with Crippen molar-refractivity contribution in [2.75, 3.05) is 12.4 Å². The SMILES string of the molecule is CCC(=O)OC1(C#CCOc2ccccc2)CC(C)SCC1C. The van der Waals surface area contributed by atoms with Crippen LogP contribution in [-0.4, -0.2) is 29.2 Å². The fraction of sp³-hybridized carbons (Fsp3) is 0.526. The lowest BCUT2D eigenvalue weighted by molar-refractivity contribution is -0.158. The van der Waals surface area contributed by atoms with Gasteiger partial charge in [0.1, 0.15) is 12.4 Å². The molecule has 0 bridgehead atoms. The predicted molar refractivity (Wildman–Crippen MR) is 94.5 cm³/mol. The fourth-order valence-corrected chi connectivity index (χ4v) is 3.82. The number of carbonyl (C=O) groups is 1. The summed E-state index contributed by atoms with van der Waals surface area (Å²) in [4.78, 5) is 11.9. The van der Waals surface area contributed by atoms with Gasteiger partial charge in [0.05, 0.1) is 0 Å². The molecule has 0 N–H and O–H groups in total. The second-order valence-corrected chi connectivity index (χ2v) is 7.34. The van der Waals surface area contributed by atoms with Crippen LogP contribution < -0.4 is 4.74 Å². The summed E-state index contributed by atoms with van der Waals surface area (Å²) >= 11 is 1.91. The van der Waals surface area contributed by atoms with Gasteiger partial charge < -0.3 is 9.47 Å². The number of para-hydroxylation sites is 1. The zero-order valence-electron chi connectivity index (χ0n) is 14.0. The maximum atomic E-state index is 11.9. The Bertz CT molecular complexity index is 575. The molecule has 0 amide bonds. The van der Waals surface area contributed by atoms with Gasteiger partial charge in [-0.05, 0) is 12.1 Å². The van der Waals surface area contributed by atoms with Crippen LogP contribution in [0.1, 0.15) is 33.6 Å². The number of benzene rings is 1. The summed E-state index contributed by atoms with van der Waals surface area (Å²) in [6.45, 7) is 6.37. The molecular weight excluding hydrogens is 308 g/mol. The third-order valence-corrected chi connectivity index (χ3v) is 5.38. The number of thioether (sulfide) groups is 1. The lowest BCUT2D eigenvalue weighted by Crippen LogP contribution is -2.46. The van der Waals surface area contributed by atoms with Crippen molar-refractivity contribution in [3.63, 3.8) is 0 Å². The Hall–Kier alpha value is -1.60. The largest absolute Gasteiger partial charge is 0.481 e. The Morgan fingerprint density at radius 2 is 2.09 bits per heavy atom. The van der Waals surface area contributed by atoms with Gasteiger partial charge >= 0.3 is 5.97 Å². The second kappa shape index (κ2) is 8.31. The molecule has 3 atom stereocenters. The van der Waals surface area contributed by atoms with Crippen molar-refractivity contribution in [2.24, 2.45) is 5.92 Å². The first-order valence-corrected chi connectivity index (χ1v) is 9.12. The first-order chi connectivity index (χ1) is 11.1. The summed E-state index contributed by atoms with van der Waals surface area (Å²) in [5, 5.41) is 0.431. The van der Waals surface area contributed by atoms with Crippen LogP contribution in [0.3, 0.4) is 0 Å². The van der Waals surface area contributed by atoms with E-state index >= 15 is 0 Å². The Balaban J connectivity index is 2.08. The molecule has 1 aliphatic heterocycles. The average Bonchev–Trinajstić information content (AvgIpc) is 2.56. The Kier molecular flexibility index (Phi) is 6.41. The van der Waals surface area contributed by atoms with Gasteiger partial charge in [0.2, 0.25) is 0 Å². The highest BCUT2D eigenvalue weighted by Crippen LogP contribution is 2.39. The maximum absolute atomic E-state index is 11.9. The molecule has 0 aliphatic carbocycles. The van der Waals surface area contributed by atoms with Crippen molar-refractivity contribution >= 4 is 17.7 Å². The molecule has 0 radical (unpaired) electrons. The quantitative estimate of drug-likeness (QED) is 0.618. The first-order valence-electron chi connectivity index (χ1n) is 8.07. The van der Waals surface area contributed by atoms with Gasteiger partial charge in [-0.2, -0.15) is 11.8 Å². The van der Waals surface area contributed by atoms with Gasteiger partial charge in [-0.1, -0.05) is 50.8 Å². The van der Waals surface area contributed by atoms with Gasteiger partial charge in [0.15, 0.2) is 5.60 Å². The van der Waals surface area contributed by atoms with Gasteiger partial charge in [-0.25, -0.2) is 0 Å². The van der Waals surface area contributed by atoms with E-state index in [-0.39, 0.29) is 11.9 Å². The standard InChI is InChI=1S/C19H24O3S/c1-4-18(20)22-19(13-16(3)23-14-15(19)2)11-8-12-21-17-9-6-5-7-10-17/h5-7,9-10,15-16H,4,12-14H2,1-3H3. The zero-order chi connectivity index (χ0) is 16.7. The van der Waals surface area contributed by atoms with Crippen molar-refractivity contribution < 1.29 is 14.3 Å². The molecular formula is C19H24O3S. The van der Waals surface area contributed by atoms with Crippen molar-refractivity contribution in [3.05, 3.63) is 30.3 Å². The van der Waals surface area contributed by atoms with Crippen molar-refractivity contribution in [3.8, 4) is 17.6 Å². The van der Waals surface area contributed by atoms with E-state index in [1.54, 1.807) is 0 Å². The van der Waals surface area contributed by atoms with Gasteiger partial charge in [0.25, 0.3) is 0 Å². The molecule has 1 aromatic rings. The highest BCUT2D eigenvalue weighted by Gasteiger charge is 2.43. The second-order valence-electron chi connectivity index (χ2n) is 5.87. The lowest BCUT2D eigenvalue weighted by atomic mass is 9.85. The van der Waals surface area contributed by atoms with Crippen molar-refractivity contribution in [2.45, 2.75) is 44.5 Å². The third-order valence-electron chi connectivity index (χ3n) is 3.96. The van der Waals surface area contributed by atoms with E-state index in [0.29, 0.717) is 18.3 Å². The molecule has 3 nitrogen and oxygen atoms in total. The Labute approximate surface area is 143 Å². The van der Waals surface area contributed by atoms with Crippen LogP contribution >= 0.6 is 11.8 Å². The van der Waals surface area contributed by atoms with Crippen LogP contribution in [0.5, 0.6) is 5.75 Å². The number of ether oxygens (including phenoxy) is 2. The minimum Gasteiger partial charge on any atom is -0.481 e. The van der Waals surface area contributed by atoms with Crippen LogP contribution in [-0.2, 0) is 9.53 Å². The first kappa shape index (κ1) is 17.7. The summed E-state index contributed by atoms with van der Waals surface area (Å²) in [6, 6.07) is 9.60. The van der Waals surface area contributed by atoms with E-state index in [2.05, 4.69) is 25.7 Å². The molecule has 1 aliphatic rings. The number of esters is 1. The molecule has 4 heteroatoms. The molecule has 23 heavy (non-hydrogen) atoms. The van der Waals surface area contributed by atoms with Crippen molar-refractivity contribution in [1.82, 2.24) is 0 Å². The van der Waals surface area contributed by atoms with Crippen molar-refractivity contribution in [1.29, 1.82) is 0 Å². The molecule has 0 aromatic heterocycles. The van der Waals surface area contributed by atoms with Crippen LogP contribution in [0, 0.1) is 17.8 Å². The number of carbonyl (C=O) groups excluding carboxylic acids is 1. The number of hydrogen-bond acceptors (Lipinski definition) is 4. The summed E-state index contributed by atoms with van der Waals surface area (Å²) in [5.41, 5.74) is -0.683. The van der Waals surface area contributed by atoms with E-state index in [1.807, 2.05) is 49.0 Å². The van der Waals surface area contributed by atoms with Gasteiger partial charge in [0, 0.05) is 29.8 Å². The predicted octanol–water partition coefficient (Wildman–Crippen LogP) is 3.92. The molecule has 1 saturated heterocycles. The highest BCUT2D eigenvalue weighted by molar-refractivity contribution is 7.99. The van der Waals surface area contributed by atoms with Crippen LogP contribution in [0.15, 0.2) is 30.3 Å². The van der Waals surface area contributed by atoms with Crippen LogP contribution in [0.2, 0.25) is 0 Å². The van der Waals surface area contributed by atoms with Gasteiger partial charge in [-0.15, -0.1) is 0 Å². The zero-order valence-corrected chi connectivity index (χ0v) is 14.8. The molecule has 2 rings (SSSR count).